The van der Waals surface area contributed by atoms with Crippen LogP contribution in [0.25, 0.3) is 0 Å². The molecule has 1 amide bonds. The van der Waals surface area contributed by atoms with Gasteiger partial charge in [0.2, 0.25) is 0 Å². The highest BCUT2D eigenvalue weighted by molar-refractivity contribution is 6.07. The molecule has 0 atom stereocenters. The van der Waals surface area contributed by atoms with Gasteiger partial charge in [0.15, 0.2) is 0 Å². The van der Waals surface area contributed by atoms with Crippen LogP contribution in [0.4, 0.5) is 11.5 Å². The van der Waals surface area contributed by atoms with Gasteiger partial charge in [-0.15, -0.1) is 0 Å². The molecule has 3 aromatic rings. The quantitative estimate of drug-likeness (QED) is 0.699. The van der Waals surface area contributed by atoms with Crippen LogP contribution in [-0.2, 0) is 6.54 Å². The SMILES string of the molecule is COc1ccccc1CNc1ncccc1C(=O)Nc1cccc(C)c1. The van der Waals surface area contributed by atoms with E-state index < -0.39 is 0 Å². The number of anilines is 2. The van der Waals surface area contributed by atoms with Gasteiger partial charge in [-0.2, -0.15) is 0 Å². The van der Waals surface area contributed by atoms with Crippen molar-refractivity contribution in [1.82, 2.24) is 4.98 Å². The van der Waals surface area contributed by atoms with Gasteiger partial charge in [-0.25, -0.2) is 4.98 Å². The number of benzene rings is 2. The van der Waals surface area contributed by atoms with E-state index >= 15 is 0 Å². The lowest BCUT2D eigenvalue weighted by atomic mass is 10.1. The maximum atomic E-state index is 12.7. The number of hydrogen-bond acceptors (Lipinski definition) is 4. The number of methoxy groups -OCH3 is 1. The fraction of sp³-hybridized carbons (Fsp3) is 0.143. The molecule has 5 heteroatoms. The van der Waals surface area contributed by atoms with Crippen molar-refractivity contribution in [3.05, 3.63) is 83.6 Å². The molecule has 0 saturated carbocycles. The predicted octanol–water partition coefficient (Wildman–Crippen LogP) is 4.26. The molecule has 0 radical (unpaired) electrons. The van der Waals surface area contributed by atoms with E-state index in [1.165, 1.54) is 0 Å². The number of hydrogen-bond donors (Lipinski definition) is 2. The number of pyridine rings is 1. The third-order valence-corrected chi connectivity index (χ3v) is 3.97. The number of para-hydroxylation sites is 1. The summed E-state index contributed by atoms with van der Waals surface area (Å²) >= 11 is 0. The number of nitrogens with zero attached hydrogens (tertiary/aromatic N) is 1. The monoisotopic (exact) mass is 347 g/mol. The summed E-state index contributed by atoms with van der Waals surface area (Å²) in [4.78, 5) is 17.0. The standard InChI is InChI=1S/C21H21N3O2/c1-15-7-5-9-17(13-15)24-21(25)18-10-6-12-22-20(18)23-14-16-8-3-4-11-19(16)26-2/h3-13H,14H2,1-2H3,(H,22,23)(H,24,25). The van der Waals surface area contributed by atoms with Crippen molar-refractivity contribution in [2.24, 2.45) is 0 Å². The van der Waals surface area contributed by atoms with E-state index in [0.29, 0.717) is 17.9 Å². The Balaban J connectivity index is 1.76. The summed E-state index contributed by atoms with van der Waals surface area (Å²) in [6.07, 6.45) is 1.66. The number of rotatable bonds is 6. The number of aryl methyl sites for hydroxylation is 1. The maximum Gasteiger partial charge on any atom is 0.259 e. The van der Waals surface area contributed by atoms with Crippen LogP contribution in [0.5, 0.6) is 5.75 Å². The second-order valence-electron chi connectivity index (χ2n) is 5.89. The number of carbonyl (C=O) groups excluding carboxylic acids is 1. The van der Waals surface area contributed by atoms with Crippen LogP contribution >= 0.6 is 0 Å². The fourth-order valence-electron chi connectivity index (χ4n) is 2.68. The summed E-state index contributed by atoms with van der Waals surface area (Å²) in [5.41, 5.74) is 3.33. The lowest BCUT2D eigenvalue weighted by Gasteiger charge is -2.13. The molecule has 0 aliphatic carbocycles. The van der Waals surface area contributed by atoms with Gasteiger partial charge in [0.25, 0.3) is 5.91 Å². The van der Waals surface area contributed by atoms with Gasteiger partial charge in [0.1, 0.15) is 11.6 Å². The van der Waals surface area contributed by atoms with E-state index in [4.69, 9.17) is 4.74 Å². The van der Waals surface area contributed by atoms with Crippen molar-refractivity contribution in [2.75, 3.05) is 17.7 Å². The van der Waals surface area contributed by atoms with Gasteiger partial charge in [-0.3, -0.25) is 4.79 Å². The molecule has 2 N–H and O–H groups in total. The first kappa shape index (κ1) is 17.5. The zero-order valence-electron chi connectivity index (χ0n) is 14.8. The first-order valence-electron chi connectivity index (χ1n) is 8.36. The molecule has 26 heavy (non-hydrogen) atoms. The second-order valence-corrected chi connectivity index (χ2v) is 5.89. The lowest BCUT2D eigenvalue weighted by Crippen LogP contribution is -2.16. The molecule has 2 aromatic carbocycles. The Kier molecular flexibility index (Phi) is 5.49. The average molecular weight is 347 g/mol. The van der Waals surface area contributed by atoms with Crippen LogP contribution in [-0.4, -0.2) is 18.0 Å². The summed E-state index contributed by atoms with van der Waals surface area (Å²) in [6, 6.07) is 18.9. The first-order valence-corrected chi connectivity index (χ1v) is 8.36. The topological polar surface area (TPSA) is 63.2 Å². The number of ether oxygens (including phenoxy) is 1. The third kappa shape index (κ3) is 4.19. The Morgan fingerprint density at radius 3 is 2.73 bits per heavy atom. The van der Waals surface area contributed by atoms with Crippen molar-refractivity contribution < 1.29 is 9.53 Å². The van der Waals surface area contributed by atoms with E-state index in [1.807, 2.05) is 55.5 Å². The fourth-order valence-corrected chi connectivity index (χ4v) is 2.68. The van der Waals surface area contributed by atoms with Gasteiger partial charge >= 0.3 is 0 Å². The molecule has 0 saturated heterocycles. The molecule has 0 fully saturated rings. The predicted molar refractivity (Wildman–Crippen MR) is 104 cm³/mol. The van der Waals surface area contributed by atoms with Crippen molar-refractivity contribution in [2.45, 2.75) is 13.5 Å². The van der Waals surface area contributed by atoms with Gasteiger partial charge in [-0.05, 0) is 42.8 Å². The van der Waals surface area contributed by atoms with Gasteiger partial charge in [0.05, 0.1) is 12.7 Å². The van der Waals surface area contributed by atoms with E-state index in [9.17, 15) is 4.79 Å². The van der Waals surface area contributed by atoms with E-state index in [2.05, 4.69) is 15.6 Å². The molecular formula is C21H21N3O2. The maximum absolute atomic E-state index is 12.7. The van der Waals surface area contributed by atoms with Gasteiger partial charge < -0.3 is 15.4 Å². The molecule has 3 rings (SSSR count). The zero-order valence-corrected chi connectivity index (χ0v) is 14.8. The molecule has 0 aliphatic heterocycles. The van der Waals surface area contributed by atoms with Crippen LogP contribution in [0.1, 0.15) is 21.5 Å². The zero-order chi connectivity index (χ0) is 18.4. The van der Waals surface area contributed by atoms with Crippen LogP contribution < -0.4 is 15.4 Å². The molecule has 1 aromatic heterocycles. The molecule has 0 bridgehead atoms. The number of amides is 1. The van der Waals surface area contributed by atoms with Crippen molar-refractivity contribution >= 4 is 17.4 Å². The van der Waals surface area contributed by atoms with Crippen molar-refractivity contribution in [3.8, 4) is 5.75 Å². The van der Waals surface area contributed by atoms with Gasteiger partial charge in [0, 0.05) is 24.0 Å². The summed E-state index contributed by atoms with van der Waals surface area (Å²) in [7, 11) is 1.64. The molecule has 5 nitrogen and oxygen atoms in total. The number of nitrogens with one attached hydrogen (secondary N) is 2. The minimum atomic E-state index is -0.203. The highest BCUT2D eigenvalue weighted by Crippen LogP contribution is 2.20. The normalized spacial score (nSPS) is 10.2. The third-order valence-electron chi connectivity index (χ3n) is 3.97. The van der Waals surface area contributed by atoms with Crippen LogP contribution in [0.3, 0.4) is 0 Å². The second kappa shape index (κ2) is 8.16. The Labute approximate surface area is 153 Å². The highest BCUT2D eigenvalue weighted by Gasteiger charge is 2.13. The Hall–Kier alpha value is -3.34. The lowest BCUT2D eigenvalue weighted by molar-refractivity contribution is 0.102. The average Bonchev–Trinajstić information content (AvgIpc) is 2.67. The molecular weight excluding hydrogens is 326 g/mol. The smallest absolute Gasteiger partial charge is 0.259 e. The summed E-state index contributed by atoms with van der Waals surface area (Å²) in [5.74, 6) is 1.12. The van der Waals surface area contributed by atoms with E-state index in [-0.39, 0.29) is 5.91 Å². The molecule has 0 aliphatic rings. The molecule has 0 spiro atoms. The van der Waals surface area contributed by atoms with E-state index in [0.717, 1.165) is 22.6 Å². The summed E-state index contributed by atoms with van der Waals surface area (Å²) < 4.78 is 5.36. The number of aromatic nitrogens is 1. The van der Waals surface area contributed by atoms with Crippen LogP contribution in [0.2, 0.25) is 0 Å². The van der Waals surface area contributed by atoms with Crippen molar-refractivity contribution in [3.63, 3.8) is 0 Å². The van der Waals surface area contributed by atoms with Crippen LogP contribution in [0, 0.1) is 6.92 Å². The molecule has 1 heterocycles. The largest absolute Gasteiger partial charge is 0.496 e. The summed E-state index contributed by atoms with van der Waals surface area (Å²) in [6.45, 7) is 2.49. The Bertz CT molecular complexity index is 909. The Morgan fingerprint density at radius 1 is 1.08 bits per heavy atom. The minimum Gasteiger partial charge on any atom is -0.496 e. The molecule has 0 unspecified atom stereocenters. The van der Waals surface area contributed by atoms with E-state index in [1.54, 1.807) is 25.4 Å². The van der Waals surface area contributed by atoms with Crippen LogP contribution in [0.15, 0.2) is 66.9 Å². The summed E-state index contributed by atoms with van der Waals surface area (Å²) in [5, 5.41) is 6.15. The highest BCUT2D eigenvalue weighted by atomic mass is 16.5. The molecule has 132 valence electrons. The first-order chi connectivity index (χ1) is 12.7. The van der Waals surface area contributed by atoms with Crippen molar-refractivity contribution in [1.29, 1.82) is 0 Å². The Morgan fingerprint density at radius 2 is 1.92 bits per heavy atom. The minimum absolute atomic E-state index is 0.203. The van der Waals surface area contributed by atoms with Gasteiger partial charge in [-0.1, -0.05) is 30.3 Å². The number of carbonyl (C=O) groups is 1.